The van der Waals surface area contributed by atoms with Crippen LogP contribution >= 0.6 is 11.6 Å². The minimum atomic E-state index is 0.749. The van der Waals surface area contributed by atoms with E-state index >= 15 is 0 Å². The number of halogens is 1. The van der Waals surface area contributed by atoms with E-state index in [0.29, 0.717) is 0 Å². The predicted molar refractivity (Wildman–Crippen MR) is 83.0 cm³/mol. The Morgan fingerprint density at radius 2 is 1.70 bits per heavy atom. The van der Waals surface area contributed by atoms with Gasteiger partial charge in [0.2, 0.25) is 0 Å². The summed E-state index contributed by atoms with van der Waals surface area (Å²) in [5, 5.41) is 5.37. The van der Waals surface area contributed by atoms with Gasteiger partial charge in [0.05, 0.1) is 11.4 Å². The highest BCUT2D eigenvalue weighted by atomic mass is 35.5. The Morgan fingerprint density at radius 3 is 2.35 bits per heavy atom. The second kappa shape index (κ2) is 5.46. The lowest BCUT2D eigenvalue weighted by molar-refractivity contribution is 0.311. The van der Waals surface area contributed by atoms with Crippen molar-refractivity contribution in [2.75, 3.05) is 38.1 Å². The van der Waals surface area contributed by atoms with Crippen molar-refractivity contribution in [3.05, 3.63) is 41.0 Å². The van der Waals surface area contributed by atoms with E-state index in [4.69, 9.17) is 11.6 Å². The first-order chi connectivity index (χ1) is 9.63. The van der Waals surface area contributed by atoms with Crippen LogP contribution in [0.2, 0.25) is 5.02 Å². The maximum Gasteiger partial charge on any atom is 0.132 e. The summed E-state index contributed by atoms with van der Waals surface area (Å²) in [7, 11) is 2.17. The first-order valence-corrected chi connectivity index (χ1v) is 7.27. The maximum atomic E-state index is 5.96. The van der Waals surface area contributed by atoms with Crippen LogP contribution in [0.3, 0.4) is 0 Å². The molecule has 2 aromatic rings. The van der Waals surface area contributed by atoms with Gasteiger partial charge in [-0.2, -0.15) is 5.10 Å². The Morgan fingerprint density at radius 1 is 1.05 bits per heavy atom. The highest BCUT2D eigenvalue weighted by Crippen LogP contribution is 2.23. The third-order valence-electron chi connectivity index (χ3n) is 3.71. The molecule has 1 aliphatic rings. The van der Waals surface area contributed by atoms with E-state index in [2.05, 4.69) is 28.0 Å². The van der Waals surface area contributed by atoms with E-state index in [1.54, 1.807) is 0 Å². The SMILES string of the molecule is Cc1cc(N2CCN(C)CC2)n(-c2ccc(Cl)cc2)n1. The molecule has 0 bridgehead atoms. The fourth-order valence-electron chi connectivity index (χ4n) is 2.52. The molecule has 3 rings (SSSR count). The topological polar surface area (TPSA) is 24.3 Å². The van der Waals surface area contributed by atoms with Crippen molar-refractivity contribution in [2.45, 2.75) is 6.92 Å². The van der Waals surface area contributed by atoms with Gasteiger partial charge in [0.25, 0.3) is 0 Å². The number of aromatic nitrogens is 2. The van der Waals surface area contributed by atoms with Crippen LogP contribution in [0.15, 0.2) is 30.3 Å². The van der Waals surface area contributed by atoms with Crippen LogP contribution in [0.1, 0.15) is 5.69 Å². The number of anilines is 1. The number of nitrogens with zero attached hydrogens (tertiary/aromatic N) is 4. The van der Waals surface area contributed by atoms with Crippen LogP contribution in [0.5, 0.6) is 0 Å². The van der Waals surface area contributed by atoms with Crippen molar-refractivity contribution < 1.29 is 0 Å². The molecule has 0 N–H and O–H groups in total. The van der Waals surface area contributed by atoms with Crippen molar-refractivity contribution >= 4 is 17.4 Å². The van der Waals surface area contributed by atoms with Gasteiger partial charge in [-0.3, -0.25) is 0 Å². The molecule has 0 atom stereocenters. The number of hydrogen-bond acceptors (Lipinski definition) is 3. The van der Waals surface area contributed by atoms with Crippen LogP contribution in [0.25, 0.3) is 5.69 Å². The molecule has 0 radical (unpaired) electrons. The van der Waals surface area contributed by atoms with E-state index in [1.165, 1.54) is 0 Å². The normalized spacial score (nSPS) is 16.6. The smallest absolute Gasteiger partial charge is 0.132 e. The number of benzene rings is 1. The van der Waals surface area contributed by atoms with E-state index in [0.717, 1.165) is 48.4 Å². The summed E-state index contributed by atoms with van der Waals surface area (Å²) in [6.45, 7) is 6.28. The standard InChI is InChI=1S/C15H19ClN4/c1-12-11-15(19-9-7-18(2)8-10-19)20(17-12)14-5-3-13(16)4-6-14/h3-6,11H,7-10H2,1-2H3. The van der Waals surface area contributed by atoms with Gasteiger partial charge >= 0.3 is 0 Å². The quantitative estimate of drug-likeness (QED) is 0.850. The molecular weight excluding hydrogens is 272 g/mol. The zero-order valence-electron chi connectivity index (χ0n) is 11.9. The van der Waals surface area contributed by atoms with Gasteiger partial charge < -0.3 is 9.80 Å². The molecule has 4 nitrogen and oxygen atoms in total. The lowest BCUT2D eigenvalue weighted by Crippen LogP contribution is -2.45. The zero-order chi connectivity index (χ0) is 14.1. The summed E-state index contributed by atoms with van der Waals surface area (Å²) in [6.07, 6.45) is 0. The highest BCUT2D eigenvalue weighted by molar-refractivity contribution is 6.30. The number of hydrogen-bond donors (Lipinski definition) is 0. The minimum Gasteiger partial charge on any atom is -0.354 e. The lowest BCUT2D eigenvalue weighted by atomic mass is 10.3. The second-order valence-electron chi connectivity index (χ2n) is 5.32. The molecule has 2 heterocycles. The monoisotopic (exact) mass is 290 g/mol. The summed E-state index contributed by atoms with van der Waals surface area (Å²) in [4.78, 5) is 4.75. The van der Waals surface area contributed by atoms with Crippen LogP contribution < -0.4 is 4.90 Å². The van der Waals surface area contributed by atoms with Crippen molar-refractivity contribution in [1.82, 2.24) is 14.7 Å². The fraction of sp³-hybridized carbons (Fsp3) is 0.400. The molecule has 0 aliphatic carbocycles. The van der Waals surface area contributed by atoms with Gasteiger partial charge in [0.1, 0.15) is 5.82 Å². The lowest BCUT2D eigenvalue weighted by Gasteiger charge is -2.33. The Labute approximate surface area is 124 Å². The summed E-state index contributed by atoms with van der Waals surface area (Å²) in [6, 6.07) is 9.98. The number of rotatable bonds is 2. The van der Waals surface area contributed by atoms with Crippen molar-refractivity contribution in [2.24, 2.45) is 0 Å². The molecule has 1 aliphatic heterocycles. The molecule has 1 aromatic carbocycles. The molecule has 1 fully saturated rings. The maximum absolute atomic E-state index is 5.96. The average molecular weight is 291 g/mol. The Hall–Kier alpha value is -1.52. The summed E-state index contributed by atoms with van der Waals surface area (Å²) >= 11 is 5.96. The molecule has 20 heavy (non-hydrogen) atoms. The summed E-state index contributed by atoms with van der Waals surface area (Å²) in [5.41, 5.74) is 2.09. The van der Waals surface area contributed by atoms with Gasteiger partial charge in [-0.1, -0.05) is 11.6 Å². The molecule has 0 amide bonds. The molecule has 0 unspecified atom stereocenters. The van der Waals surface area contributed by atoms with Crippen molar-refractivity contribution in [3.63, 3.8) is 0 Å². The van der Waals surface area contributed by atoms with E-state index in [9.17, 15) is 0 Å². The van der Waals surface area contributed by atoms with E-state index in [1.807, 2.05) is 35.9 Å². The Kier molecular flexibility index (Phi) is 3.68. The van der Waals surface area contributed by atoms with Gasteiger partial charge in [0, 0.05) is 37.3 Å². The molecular formula is C15H19ClN4. The van der Waals surface area contributed by atoms with Gasteiger partial charge in [0.15, 0.2) is 0 Å². The molecule has 1 aromatic heterocycles. The fourth-order valence-corrected chi connectivity index (χ4v) is 2.64. The predicted octanol–water partition coefficient (Wildman–Crippen LogP) is 2.59. The first-order valence-electron chi connectivity index (χ1n) is 6.89. The number of likely N-dealkylation sites (N-methyl/N-ethyl adjacent to an activating group) is 1. The van der Waals surface area contributed by atoms with Gasteiger partial charge in [-0.05, 0) is 38.2 Å². The average Bonchev–Trinajstić information content (AvgIpc) is 2.82. The molecule has 1 saturated heterocycles. The van der Waals surface area contributed by atoms with Crippen LogP contribution in [-0.2, 0) is 0 Å². The van der Waals surface area contributed by atoms with Crippen LogP contribution in [0.4, 0.5) is 5.82 Å². The van der Waals surface area contributed by atoms with Crippen molar-refractivity contribution in [3.8, 4) is 5.69 Å². The van der Waals surface area contributed by atoms with Gasteiger partial charge in [-0.15, -0.1) is 0 Å². The second-order valence-corrected chi connectivity index (χ2v) is 5.76. The van der Waals surface area contributed by atoms with E-state index in [-0.39, 0.29) is 0 Å². The van der Waals surface area contributed by atoms with Crippen LogP contribution in [0, 0.1) is 6.92 Å². The molecule has 0 spiro atoms. The van der Waals surface area contributed by atoms with Gasteiger partial charge in [-0.25, -0.2) is 4.68 Å². The summed E-state index contributed by atoms with van der Waals surface area (Å²) in [5.74, 6) is 1.16. The zero-order valence-corrected chi connectivity index (χ0v) is 12.6. The minimum absolute atomic E-state index is 0.749. The third kappa shape index (κ3) is 2.67. The van der Waals surface area contributed by atoms with Crippen LogP contribution in [-0.4, -0.2) is 47.9 Å². The third-order valence-corrected chi connectivity index (χ3v) is 3.96. The summed E-state index contributed by atoms with van der Waals surface area (Å²) < 4.78 is 2.01. The molecule has 0 saturated carbocycles. The Bertz CT molecular complexity index is 582. The molecule has 5 heteroatoms. The Balaban J connectivity index is 1.93. The largest absolute Gasteiger partial charge is 0.354 e. The molecule has 106 valence electrons. The number of aryl methyl sites for hydroxylation is 1. The number of piperazine rings is 1. The van der Waals surface area contributed by atoms with Crippen molar-refractivity contribution in [1.29, 1.82) is 0 Å². The highest BCUT2D eigenvalue weighted by Gasteiger charge is 2.19. The first kappa shape index (κ1) is 13.5. The van der Waals surface area contributed by atoms with E-state index < -0.39 is 0 Å².